The van der Waals surface area contributed by atoms with Gasteiger partial charge in [0.05, 0.1) is 34.6 Å². The number of thiazole rings is 1. The minimum absolute atomic E-state index is 0.166. The molecular weight excluding hydrogens is 528 g/mol. The fraction of sp³-hybridized carbons (Fsp3) is 0.538. The molecule has 3 aromatic heterocycles. The van der Waals surface area contributed by atoms with Gasteiger partial charge in [-0.05, 0) is 51.0 Å². The Labute approximate surface area is 230 Å². The predicted molar refractivity (Wildman–Crippen MR) is 147 cm³/mol. The Bertz CT molecular complexity index is 1280. The second kappa shape index (κ2) is 9.64. The van der Waals surface area contributed by atoms with Crippen LogP contribution in [0.25, 0.3) is 0 Å². The van der Waals surface area contributed by atoms with Crippen LogP contribution in [0, 0.1) is 11.3 Å². The fourth-order valence-electron chi connectivity index (χ4n) is 5.63. The summed E-state index contributed by atoms with van der Waals surface area (Å²) in [5.74, 6) is 1.68. The predicted octanol–water partition coefficient (Wildman–Crippen LogP) is 4.22. The minimum Gasteiger partial charge on any atom is -0.390 e. The zero-order valence-electron chi connectivity index (χ0n) is 21.0. The van der Waals surface area contributed by atoms with E-state index >= 15 is 0 Å². The van der Waals surface area contributed by atoms with Gasteiger partial charge in [0, 0.05) is 48.1 Å². The summed E-state index contributed by atoms with van der Waals surface area (Å²) in [6, 6.07) is 1.87. The molecule has 2 N–H and O–H groups in total. The van der Waals surface area contributed by atoms with Crippen molar-refractivity contribution < 1.29 is 10.2 Å². The van der Waals surface area contributed by atoms with Gasteiger partial charge in [-0.15, -0.1) is 11.3 Å². The van der Waals surface area contributed by atoms with Crippen molar-refractivity contribution in [1.29, 1.82) is 0 Å². The van der Waals surface area contributed by atoms with E-state index < -0.39 is 5.60 Å². The Kier molecular flexibility index (Phi) is 6.60. The van der Waals surface area contributed by atoms with Crippen molar-refractivity contribution in [1.82, 2.24) is 19.9 Å². The van der Waals surface area contributed by atoms with Gasteiger partial charge in [-0.3, -0.25) is 0 Å². The van der Waals surface area contributed by atoms with Gasteiger partial charge in [0.25, 0.3) is 0 Å². The summed E-state index contributed by atoms with van der Waals surface area (Å²) >= 11 is 9.95. The van der Waals surface area contributed by atoms with Crippen molar-refractivity contribution in [2.24, 2.45) is 11.3 Å². The molecule has 0 radical (unpaired) electrons. The Morgan fingerprint density at radius 1 is 1.14 bits per heavy atom. The Hall–Kier alpha value is -1.98. The second-order valence-corrected chi connectivity index (χ2v) is 13.4. The van der Waals surface area contributed by atoms with E-state index in [9.17, 15) is 10.2 Å². The summed E-state index contributed by atoms with van der Waals surface area (Å²) in [6.45, 7) is 6.76. The third-order valence-corrected chi connectivity index (χ3v) is 10.4. The number of rotatable bonds is 6. The Balaban J connectivity index is 1.13. The third-order valence-electron chi connectivity index (χ3n) is 8.11. The molecule has 2 aliphatic heterocycles. The van der Waals surface area contributed by atoms with Crippen molar-refractivity contribution in [2.75, 3.05) is 36.0 Å². The van der Waals surface area contributed by atoms with Crippen LogP contribution in [-0.2, 0) is 19.4 Å². The lowest BCUT2D eigenvalue weighted by atomic mass is 9.76. The number of nitrogens with zero attached hydrogens (tertiary/aromatic N) is 6. The van der Waals surface area contributed by atoms with Gasteiger partial charge in [0.15, 0.2) is 5.82 Å². The maximum atomic E-state index is 10.2. The van der Waals surface area contributed by atoms with Crippen LogP contribution in [0.3, 0.4) is 0 Å². The van der Waals surface area contributed by atoms with Crippen molar-refractivity contribution in [3.8, 4) is 0 Å². The topological polar surface area (TPSA) is 98.5 Å². The smallest absolute Gasteiger partial charge is 0.152 e. The van der Waals surface area contributed by atoms with Crippen LogP contribution in [-0.4, -0.2) is 61.9 Å². The van der Waals surface area contributed by atoms with Crippen molar-refractivity contribution in [3.63, 3.8) is 0 Å². The molecule has 1 spiro atoms. The maximum absolute atomic E-state index is 10.2. The minimum atomic E-state index is -0.718. The molecule has 1 aliphatic carbocycles. The largest absolute Gasteiger partial charge is 0.390 e. The highest BCUT2D eigenvalue weighted by atomic mass is 35.5. The van der Waals surface area contributed by atoms with E-state index in [2.05, 4.69) is 19.8 Å². The first kappa shape index (κ1) is 25.3. The molecule has 11 heteroatoms. The number of aliphatic hydroxyl groups excluding tert-OH is 1. The first-order valence-corrected chi connectivity index (χ1v) is 14.7. The van der Waals surface area contributed by atoms with Crippen LogP contribution in [0.5, 0.6) is 0 Å². The third kappa shape index (κ3) is 4.83. The van der Waals surface area contributed by atoms with Gasteiger partial charge in [0.1, 0.15) is 16.5 Å². The van der Waals surface area contributed by atoms with E-state index in [0.717, 1.165) is 68.4 Å². The van der Waals surface area contributed by atoms with E-state index in [1.165, 1.54) is 22.3 Å². The van der Waals surface area contributed by atoms with Crippen LogP contribution in [0.1, 0.15) is 43.0 Å². The molecule has 8 nitrogen and oxygen atoms in total. The molecule has 3 aliphatic rings. The lowest BCUT2D eigenvalue weighted by molar-refractivity contribution is 0.00438. The molecule has 2 fully saturated rings. The highest BCUT2D eigenvalue weighted by molar-refractivity contribution is 7.99. The number of pyridine rings is 1. The maximum Gasteiger partial charge on any atom is 0.152 e. The molecule has 0 amide bonds. The summed E-state index contributed by atoms with van der Waals surface area (Å²) in [6.07, 6.45) is 7.93. The molecule has 3 aromatic rings. The summed E-state index contributed by atoms with van der Waals surface area (Å²) < 4.78 is 0. The number of aromatic nitrogens is 4. The van der Waals surface area contributed by atoms with Gasteiger partial charge in [-0.1, -0.05) is 23.4 Å². The quantitative estimate of drug-likeness (QED) is 0.461. The lowest BCUT2D eigenvalue weighted by Gasteiger charge is -2.46. The average Bonchev–Trinajstić information content (AvgIpc) is 3.39. The van der Waals surface area contributed by atoms with E-state index in [1.807, 2.05) is 25.4 Å². The number of hydrogen-bond donors (Lipinski definition) is 2. The Morgan fingerprint density at radius 3 is 2.62 bits per heavy atom. The van der Waals surface area contributed by atoms with Crippen LogP contribution < -0.4 is 9.80 Å². The Morgan fingerprint density at radius 2 is 1.92 bits per heavy atom. The number of aliphatic hydroxyl groups is 2. The summed E-state index contributed by atoms with van der Waals surface area (Å²) in [5.41, 5.74) is 3.46. The molecule has 0 unspecified atom stereocenters. The lowest BCUT2D eigenvalue weighted by Crippen LogP contribution is -2.56. The zero-order valence-corrected chi connectivity index (χ0v) is 23.4. The fourth-order valence-corrected chi connectivity index (χ4v) is 7.74. The van der Waals surface area contributed by atoms with Crippen molar-refractivity contribution in [3.05, 3.63) is 45.3 Å². The summed E-state index contributed by atoms with van der Waals surface area (Å²) in [5, 5.41) is 21.6. The molecular formula is C26H31ClN6O2S2. The average molecular weight is 559 g/mol. The first-order valence-electron chi connectivity index (χ1n) is 12.7. The molecule has 196 valence electrons. The summed E-state index contributed by atoms with van der Waals surface area (Å²) in [4.78, 5) is 25.2. The molecule has 6 rings (SSSR count). The second-order valence-electron chi connectivity index (χ2n) is 11.0. The van der Waals surface area contributed by atoms with E-state index in [0.29, 0.717) is 21.2 Å². The number of hydrogen-bond acceptors (Lipinski definition) is 10. The number of fused-ring (bicyclic) bond motifs is 1. The monoisotopic (exact) mass is 558 g/mol. The highest BCUT2D eigenvalue weighted by Crippen LogP contribution is 2.46. The molecule has 0 atom stereocenters. The SMILES string of the molecule is CC(C)(O)C1CN(c2nccc(Sc3cnc(N4CCC5(CC4)Cc4ncsc4C5)c(CO)n3)c2Cl)C1. The number of anilines is 2. The van der Waals surface area contributed by atoms with Gasteiger partial charge in [-0.25, -0.2) is 19.9 Å². The van der Waals surface area contributed by atoms with Crippen LogP contribution >= 0.6 is 34.7 Å². The van der Waals surface area contributed by atoms with Gasteiger partial charge in [0.2, 0.25) is 0 Å². The van der Waals surface area contributed by atoms with Crippen LogP contribution in [0.4, 0.5) is 11.6 Å². The van der Waals surface area contributed by atoms with E-state index in [4.69, 9.17) is 21.6 Å². The zero-order chi connectivity index (χ0) is 25.8. The number of halogens is 1. The van der Waals surface area contributed by atoms with Crippen LogP contribution in [0.15, 0.2) is 33.9 Å². The highest BCUT2D eigenvalue weighted by Gasteiger charge is 2.42. The molecule has 2 saturated heterocycles. The summed E-state index contributed by atoms with van der Waals surface area (Å²) in [7, 11) is 0. The van der Waals surface area contributed by atoms with Gasteiger partial charge in [-0.2, -0.15) is 0 Å². The molecule has 5 heterocycles. The van der Waals surface area contributed by atoms with Crippen LogP contribution in [0.2, 0.25) is 5.02 Å². The number of piperidine rings is 1. The van der Waals surface area contributed by atoms with Crippen molar-refractivity contribution in [2.45, 2.75) is 61.7 Å². The molecule has 0 bridgehead atoms. The van der Waals surface area contributed by atoms with Gasteiger partial charge >= 0.3 is 0 Å². The molecule has 0 saturated carbocycles. The molecule has 0 aromatic carbocycles. The normalized spacial score (nSPS) is 19.4. The standard InChI is InChI=1S/C26H31ClN6O2S2/c1-25(2,35)16-12-33(13-16)24-22(27)19(3-6-28-24)37-21-11-29-23(18(14-34)31-21)32-7-4-26(5-8-32)9-17-20(10-26)36-15-30-17/h3,6,11,15-16,34-35H,4-5,7-10,12-14H2,1-2H3. The first-order chi connectivity index (χ1) is 17.7. The van der Waals surface area contributed by atoms with Gasteiger partial charge < -0.3 is 20.0 Å². The van der Waals surface area contributed by atoms with E-state index in [1.54, 1.807) is 23.7 Å². The van der Waals surface area contributed by atoms with E-state index in [-0.39, 0.29) is 12.5 Å². The van der Waals surface area contributed by atoms with Crippen molar-refractivity contribution >= 4 is 46.3 Å². The molecule has 37 heavy (non-hydrogen) atoms.